The molecule has 0 atom stereocenters. The van der Waals surface area contributed by atoms with Gasteiger partial charge in [-0.1, -0.05) is 64.7 Å². The first kappa shape index (κ1) is 16.4. The van der Waals surface area contributed by atoms with Crippen molar-refractivity contribution in [3.8, 4) is 0 Å². The normalized spacial score (nSPS) is 9.86. The second kappa shape index (κ2) is 15.4. The van der Waals surface area contributed by atoms with Gasteiger partial charge in [0.25, 0.3) is 0 Å². The minimum atomic E-state index is 0. The summed E-state index contributed by atoms with van der Waals surface area (Å²) in [4.78, 5) is 0. The standard InChI is InChI=1S/C12H26O.H2O/c1-2-3-4-5-6-7-8-9-10-11-12-13;/h13H,2-12H2,1H3;1H2. The molecule has 0 unspecified atom stereocenters. The molecule has 0 aromatic carbocycles. The quantitative estimate of drug-likeness (QED) is 0.546. The molecule has 0 aliphatic heterocycles. The minimum Gasteiger partial charge on any atom is -0.412 e. The number of hydrogen-bond donors (Lipinski definition) is 1. The monoisotopic (exact) mass is 204 g/mol. The van der Waals surface area contributed by atoms with Crippen molar-refractivity contribution in [2.75, 3.05) is 6.61 Å². The third kappa shape index (κ3) is 14.4. The molecule has 0 rings (SSSR count). The van der Waals surface area contributed by atoms with E-state index in [1.165, 1.54) is 57.8 Å². The van der Waals surface area contributed by atoms with Crippen LogP contribution in [0.1, 0.15) is 71.1 Å². The molecule has 0 amide bonds. The van der Waals surface area contributed by atoms with E-state index >= 15 is 0 Å². The lowest BCUT2D eigenvalue weighted by Crippen LogP contribution is -1.84. The third-order valence-corrected chi connectivity index (χ3v) is 2.51. The molecule has 3 N–H and O–H groups in total. The van der Waals surface area contributed by atoms with Crippen LogP contribution in [-0.2, 0) is 0 Å². The highest BCUT2D eigenvalue weighted by molar-refractivity contribution is 4.46. The summed E-state index contributed by atoms with van der Waals surface area (Å²) in [7, 11) is 0. The van der Waals surface area contributed by atoms with Crippen molar-refractivity contribution < 1.29 is 10.6 Å². The highest BCUT2D eigenvalue weighted by Crippen LogP contribution is 2.09. The van der Waals surface area contributed by atoms with Gasteiger partial charge >= 0.3 is 0 Å². The first-order valence-corrected chi connectivity index (χ1v) is 6.02. The highest BCUT2D eigenvalue weighted by atomic mass is 16.2. The molecule has 0 aliphatic rings. The molecule has 0 spiro atoms. The molecule has 0 aromatic rings. The zero-order valence-electron chi connectivity index (χ0n) is 9.73. The summed E-state index contributed by atoms with van der Waals surface area (Å²) in [5.41, 5.74) is 0. The van der Waals surface area contributed by atoms with Gasteiger partial charge in [-0.3, -0.25) is 0 Å². The maximum Gasteiger partial charge on any atom is 0.0431 e. The molecule has 14 heavy (non-hydrogen) atoms. The van der Waals surface area contributed by atoms with Crippen LogP contribution in [0, 0.1) is 0 Å². The molecule has 2 heteroatoms. The summed E-state index contributed by atoms with van der Waals surface area (Å²) in [5.74, 6) is 0. The molecular formula is C12H28O2. The van der Waals surface area contributed by atoms with Crippen molar-refractivity contribution >= 4 is 0 Å². The van der Waals surface area contributed by atoms with Gasteiger partial charge in [0.05, 0.1) is 0 Å². The fraction of sp³-hybridized carbons (Fsp3) is 1.00. The van der Waals surface area contributed by atoms with Gasteiger partial charge in [-0.25, -0.2) is 0 Å². The second-order valence-corrected chi connectivity index (χ2v) is 3.91. The van der Waals surface area contributed by atoms with E-state index in [9.17, 15) is 0 Å². The van der Waals surface area contributed by atoms with Crippen LogP contribution < -0.4 is 0 Å². The number of aliphatic hydroxyl groups is 1. The Kier molecular flexibility index (Phi) is 18.0. The third-order valence-electron chi connectivity index (χ3n) is 2.51. The smallest absolute Gasteiger partial charge is 0.0431 e. The van der Waals surface area contributed by atoms with Gasteiger partial charge in [0.1, 0.15) is 0 Å². The summed E-state index contributed by atoms with van der Waals surface area (Å²) in [6.07, 6.45) is 13.3. The molecule has 88 valence electrons. The predicted molar refractivity (Wildman–Crippen MR) is 62.5 cm³/mol. The van der Waals surface area contributed by atoms with Crippen molar-refractivity contribution in [1.29, 1.82) is 0 Å². The lowest BCUT2D eigenvalue weighted by molar-refractivity contribution is 0.282. The highest BCUT2D eigenvalue weighted by Gasteiger charge is 1.91. The van der Waals surface area contributed by atoms with Crippen molar-refractivity contribution in [3.63, 3.8) is 0 Å². The van der Waals surface area contributed by atoms with Crippen LogP contribution in [-0.4, -0.2) is 17.2 Å². The van der Waals surface area contributed by atoms with Crippen LogP contribution in [0.5, 0.6) is 0 Å². The van der Waals surface area contributed by atoms with E-state index in [2.05, 4.69) is 6.92 Å². The summed E-state index contributed by atoms with van der Waals surface area (Å²) in [6, 6.07) is 0. The van der Waals surface area contributed by atoms with Gasteiger partial charge in [0.15, 0.2) is 0 Å². The zero-order valence-corrected chi connectivity index (χ0v) is 9.73. The Hall–Kier alpha value is -0.0800. The van der Waals surface area contributed by atoms with Crippen molar-refractivity contribution in [2.45, 2.75) is 71.1 Å². The molecule has 0 fully saturated rings. The molecule has 0 aromatic heterocycles. The van der Waals surface area contributed by atoms with Crippen LogP contribution in [0.4, 0.5) is 0 Å². The van der Waals surface area contributed by atoms with E-state index in [1.807, 2.05) is 0 Å². The lowest BCUT2D eigenvalue weighted by atomic mass is 10.1. The summed E-state index contributed by atoms with van der Waals surface area (Å²) >= 11 is 0. The maximum atomic E-state index is 8.57. The van der Waals surface area contributed by atoms with Crippen LogP contribution in [0.3, 0.4) is 0 Å². The predicted octanol–water partition coefficient (Wildman–Crippen LogP) is 3.07. The summed E-state index contributed by atoms with van der Waals surface area (Å²) in [6.45, 7) is 2.63. The molecule has 0 heterocycles. The average molecular weight is 204 g/mol. The lowest BCUT2D eigenvalue weighted by Gasteiger charge is -2.00. The van der Waals surface area contributed by atoms with Crippen LogP contribution in [0.15, 0.2) is 0 Å². The fourth-order valence-electron chi connectivity index (χ4n) is 1.60. The van der Waals surface area contributed by atoms with Crippen LogP contribution in [0.25, 0.3) is 0 Å². The number of aliphatic hydroxyl groups excluding tert-OH is 1. The number of rotatable bonds is 10. The van der Waals surface area contributed by atoms with E-state index < -0.39 is 0 Å². The summed E-state index contributed by atoms with van der Waals surface area (Å²) < 4.78 is 0. The fourth-order valence-corrected chi connectivity index (χ4v) is 1.60. The topological polar surface area (TPSA) is 51.7 Å². The Morgan fingerprint density at radius 3 is 1.36 bits per heavy atom. The zero-order chi connectivity index (χ0) is 9.78. The van der Waals surface area contributed by atoms with Gasteiger partial charge in [-0.15, -0.1) is 0 Å². The van der Waals surface area contributed by atoms with Gasteiger partial charge in [-0.2, -0.15) is 0 Å². The first-order valence-electron chi connectivity index (χ1n) is 6.02. The van der Waals surface area contributed by atoms with E-state index in [-0.39, 0.29) is 5.48 Å². The van der Waals surface area contributed by atoms with Crippen LogP contribution >= 0.6 is 0 Å². The Labute approximate surface area is 89.0 Å². The molecule has 0 saturated carbocycles. The molecule has 0 aliphatic carbocycles. The van der Waals surface area contributed by atoms with Crippen LogP contribution in [0.2, 0.25) is 0 Å². The van der Waals surface area contributed by atoms with Gasteiger partial charge in [-0.05, 0) is 6.42 Å². The van der Waals surface area contributed by atoms with Crippen molar-refractivity contribution in [2.24, 2.45) is 0 Å². The van der Waals surface area contributed by atoms with Gasteiger partial charge in [0.2, 0.25) is 0 Å². The van der Waals surface area contributed by atoms with E-state index in [0.717, 1.165) is 6.42 Å². The second-order valence-electron chi connectivity index (χ2n) is 3.91. The average Bonchev–Trinajstić information content (AvgIpc) is 2.16. The molecule has 0 saturated heterocycles. The Balaban J connectivity index is 0. The number of hydrogen-bond acceptors (Lipinski definition) is 1. The van der Waals surface area contributed by atoms with Crippen molar-refractivity contribution in [1.82, 2.24) is 0 Å². The van der Waals surface area contributed by atoms with Gasteiger partial charge < -0.3 is 10.6 Å². The Bertz CT molecular complexity index is 74.4. The van der Waals surface area contributed by atoms with Gasteiger partial charge in [0, 0.05) is 6.61 Å². The van der Waals surface area contributed by atoms with E-state index in [1.54, 1.807) is 0 Å². The Morgan fingerprint density at radius 2 is 1.00 bits per heavy atom. The number of unbranched alkanes of at least 4 members (excludes halogenated alkanes) is 9. The van der Waals surface area contributed by atoms with E-state index in [0.29, 0.717) is 6.61 Å². The van der Waals surface area contributed by atoms with E-state index in [4.69, 9.17) is 5.11 Å². The minimum absolute atomic E-state index is 0. The maximum absolute atomic E-state index is 8.57. The molecule has 2 nitrogen and oxygen atoms in total. The van der Waals surface area contributed by atoms with Crippen molar-refractivity contribution in [3.05, 3.63) is 0 Å². The largest absolute Gasteiger partial charge is 0.412 e. The SMILES string of the molecule is CCCCCCCCCCCCO.O. The first-order chi connectivity index (χ1) is 6.41. The molecule has 0 bridgehead atoms. The molecular weight excluding hydrogens is 176 g/mol. The Morgan fingerprint density at radius 1 is 0.643 bits per heavy atom. The molecule has 0 radical (unpaired) electrons. The summed E-state index contributed by atoms with van der Waals surface area (Å²) in [5, 5.41) is 8.57.